The Kier molecular flexibility index (Phi) is 5.66. The number of nitrogens with zero attached hydrogens (tertiary/aromatic N) is 1. The average molecular weight is 273 g/mol. The van der Waals surface area contributed by atoms with Crippen molar-refractivity contribution >= 4 is 6.09 Å². The molecule has 0 aromatic heterocycles. The van der Waals surface area contributed by atoms with Crippen LogP contribution in [0.15, 0.2) is 42.6 Å². The van der Waals surface area contributed by atoms with E-state index in [1.54, 1.807) is 4.90 Å². The molecule has 0 saturated carbocycles. The molecule has 1 saturated heterocycles. The van der Waals surface area contributed by atoms with Crippen LogP contribution in [-0.4, -0.2) is 23.6 Å². The smallest absolute Gasteiger partial charge is 0.414 e. The molecule has 1 atom stereocenters. The molecule has 1 heterocycles. The molecular formula is C17H23NO2. The topological polar surface area (TPSA) is 29.5 Å². The van der Waals surface area contributed by atoms with E-state index in [9.17, 15) is 4.79 Å². The molecule has 0 N–H and O–H groups in total. The molecule has 20 heavy (non-hydrogen) atoms. The number of unbranched alkanes of at least 4 members (excludes halogenated alkanes) is 3. The monoisotopic (exact) mass is 273 g/mol. The first-order chi connectivity index (χ1) is 9.81. The van der Waals surface area contributed by atoms with Gasteiger partial charge >= 0.3 is 6.09 Å². The Bertz CT molecular complexity index is 442. The molecule has 1 aromatic rings. The van der Waals surface area contributed by atoms with Gasteiger partial charge in [0.15, 0.2) is 0 Å². The number of hydrogen-bond donors (Lipinski definition) is 0. The maximum absolute atomic E-state index is 11.7. The first kappa shape index (κ1) is 14.6. The van der Waals surface area contributed by atoms with Gasteiger partial charge < -0.3 is 4.74 Å². The largest absolute Gasteiger partial charge is 0.447 e. The van der Waals surface area contributed by atoms with E-state index < -0.39 is 0 Å². The van der Waals surface area contributed by atoms with Gasteiger partial charge in [-0.2, -0.15) is 0 Å². The normalized spacial score (nSPS) is 18.8. The zero-order chi connectivity index (χ0) is 14.2. The molecular weight excluding hydrogens is 250 g/mol. The highest BCUT2D eigenvalue weighted by Gasteiger charge is 2.31. The third-order valence-electron chi connectivity index (χ3n) is 3.56. The minimum atomic E-state index is -0.224. The van der Waals surface area contributed by atoms with Crippen LogP contribution in [0.4, 0.5) is 4.79 Å². The van der Waals surface area contributed by atoms with E-state index in [1.165, 1.54) is 24.8 Å². The lowest BCUT2D eigenvalue weighted by Crippen LogP contribution is -2.30. The number of carbonyl (C=O) groups is 1. The summed E-state index contributed by atoms with van der Waals surface area (Å²) in [5.74, 6) is 0. The Balaban J connectivity index is 1.89. The third kappa shape index (κ3) is 4.12. The molecule has 2 rings (SSSR count). The predicted octanol–water partition coefficient (Wildman–Crippen LogP) is 4.14. The summed E-state index contributed by atoms with van der Waals surface area (Å²) in [4.78, 5) is 13.5. The minimum absolute atomic E-state index is 0.118. The van der Waals surface area contributed by atoms with E-state index in [0.717, 1.165) is 12.8 Å². The van der Waals surface area contributed by atoms with Gasteiger partial charge in [-0.3, -0.25) is 4.90 Å². The molecule has 0 aliphatic carbocycles. The van der Waals surface area contributed by atoms with E-state index >= 15 is 0 Å². The van der Waals surface area contributed by atoms with Gasteiger partial charge in [0.25, 0.3) is 0 Å². The summed E-state index contributed by atoms with van der Waals surface area (Å²) in [6.07, 6.45) is 9.26. The molecule has 0 spiro atoms. The van der Waals surface area contributed by atoms with Crippen LogP contribution >= 0.6 is 0 Å². The number of allylic oxidation sites excluding steroid dienone is 1. The van der Waals surface area contributed by atoms with E-state index in [-0.39, 0.29) is 12.1 Å². The van der Waals surface area contributed by atoms with Crippen molar-refractivity contribution in [2.24, 2.45) is 0 Å². The standard InChI is InChI=1S/C17H23NO2/c1-2-3-4-5-9-12-18-16(14-20-17(18)19)13-15-10-7-6-8-11-15/h6-12,16H,2-5,13-14H2,1H3/b12-9+/t16-/m1/s1. The number of amides is 1. The van der Waals surface area contributed by atoms with Crippen molar-refractivity contribution in [1.82, 2.24) is 4.90 Å². The number of cyclic esters (lactones) is 1. The summed E-state index contributed by atoms with van der Waals surface area (Å²) in [5.41, 5.74) is 1.24. The highest BCUT2D eigenvalue weighted by Crippen LogP contribution is 2.18. The fourth-order valence-electron chi connectivity index (χ4n) is 2.40. The Morgan fingerprint density at radius 3 is 2.85 bits per heavy atom. The van der Waals surface area contributed by atoms with Crippen LogP contribution in [0.25, 0.3) is 0 Å². The third-order valence-corrected chi connectivity index (χ3v) is 3.56. The van der Waals surface area contributed by atoms with Gasteiger partial charge in [0.05, 0.1) is 6.04 Å². The van der Waals surface area contributed by atoms with Crippen molar-refractivity contribution in [3.63, 3.8) is 0 Å². The second-order valence-electron chi connectivity index (χ2n) is 5.21. The van der Waals surface area contributed by atoms with Crippen LogP contribution in [0.1, 0.15) is 38.2 Å². The van der Waals surface area contributed by atoms with Crippen LogP contribution in [-0.2, 0) is 11.2 Å². The highest BCUT2D eigenvalue weighted by atomic mass is 16.6. The van der Waals surface area contributed by atoms with Crippen LogP contribution in [0.2, 0.25) is 0 Å². The fraction of sp³-hybridized carbons (Fsp3) is 0.471. The molecule has 1 aliphatic rings. The van der Waals surface area contributed by atoms with Gasteiger partial charge in [0.1, 0.15) is 6.61 Å². The zero-order valence-corrected chi connectivity index (χ0v) is 12.1. The number of hydrogen-bond acceptors (Lipinski definition) is 2. The molecule has 1 fully saturated rings. The first-order valence-corrected chi connectivity index (χ1v) is 7.47. The van der Waals surface area contributed by atoms with Crippen LogP contribution in [0, 0.1) is 0 Å². The molecule has 3 heteroatoms. The van der Waals surface area contributed by atoms with Gasteiger partial charge in [0.2, 0.25) is 0 Å². The van der Waals surface area contributed by atoms with Crippen molar-refractivity contribution < 1.29 is 9.53 Å². The summed E-state index contributed by atoms with van der Waals surface area (Å²) in [6, 6.07) is 10.4. The number of benzene rings is 1. The Morgan fingerprint density at radius 2 is 2.10 bits per heavy atom. The lowest BCUT2D eigenvalue weighted by Gasteiger charge is -2.17. The first-order valence-electron chi connectivity index (χ1n) is 7.47. The maximum atomic E-state index is 11.7. The molecule has 0 bridgehead atoms. The maximum Gasteiger partial charge on any atom is 0.414 e. The van der Waals surface area contributed by atoms with Crippen LogP contribution in [0.3, 0.4) is 0 Å². The molecule has 0 radical (unpaired) electrons. The van der Waals surface area contributed by atoms with Gasteiger partial charge in [-0.15, -0.1) is 0 Å². The average Bonchev–Trinajstić information content (AvgIpc) is 2.81. The Morgan fingerprint density at radius 1 is 1.30 bits per heavy atom. The summed E-state index contributed by atoms with van der Waals surface area (Å²) in [6.45, 7) is 2.67. The zero-order valence-electron chi connectivity index (χ0n) is 12.1. The highest BCUT2D eigenvalue weighted by molar-refractivity contribution is 5.71. The van der Waals surface area contributed by atoms with E-state index in [4.69, 9.17) is 4.74 Å². The van der Waals surface area contributed by atoms with Crippen molar-refractivity contribution in [2.75, 3.05) is 6.61 Å². The molecule has 1 aliphatic heterocycles. The lowest BCUT2D eigenvalue weighted by molar-refractivity contribution is 0.166. The Hall–Kier alpha value is -1.77. The predicted molar refractivity (Wildman–Crippen MR) is 80.4 cm³/mol. The van der Waals surface area contributed by atoms with E-state index in [0.29, 0.717) is 6.61 Å². The van der Waals surface area contributed by atoms with Crippen molar-refractivity contribution in [1.29, 1.82) is 0 Å². The van der Waals surface area contributed by atoms with E-state index in [2.05, 4.69) is 25.1 Å². The summed E-state index contributed by atoms with van der Waals surface area (Å²) < 4.78 is 5.16. The summed E-state index contributed by atoms with van der Waals surface area (Å²) in [7, 11) is 0. The van der Waals surface area contributed by atoms with Gasteiger partial charge in [0, 0.05) is 6.20 Å². The SMILES string of the molecule is CCCCC/C=C/N1C(=O)OC[C@H]1Cc1ccccc1. The summed E-state index contributed by atoms with van der Waals surface area (Å²) in [5, 5.41) is 0. The molecule has 3 nitrogen and oxygen atoms in total. The van der Waals surface area contributed by atoms with Gasteiger partial charge in [-0.25, -0.2) is 4.79 Å². The van der Waals surface area contributed by atoms with Crippen LogP contribution in [0.5, 0.6) is 0 Å². The fourth-order valence-corrected chi connectivity index (χ4v) is 2.40. The van der Waals surface area contributed by atoms with E-state index in [1.807, 2.05) is 24.4 Å². The van der Waals surface area contributed by atoms with Crippen molar-refractivity contribution in [3.05, 3.63) is 48.2 Å². The minimum Gasteiger partial charge on any atom is -0.447 e. The number of ether oxygens (including phenoxy) is 1. The van der Waals surface area contributed by atoms with Crippen molar-refractivity contribution in [3.8, 4) is 0 Å². The lowest BCUT2D eigenvalue weighted by atomic mass is 10.1. The molecule has 1 amide bonds. The molecule has 0 unspecified atom stereocenters. The van der Waals surface area contributed by atoms with Crippen LogP contribution < -0.4 is 0 Å². The van der Waals surface area contributed by atoms with Gasteiger partial charge in [-0.1, -0.05) is 56.2 Å². The molecule has 1 aromatic carbocycles. The number of carbonyl (C=O) groups excluding carboxylic acids is 1. The second kappa shape index (κ2) is 7.73. The second-order valence-corrected chi connectivity index (χ2v) is 5.21. The van der Waals surface area contributed by atoms with Crippen molar-refractivity contribution in [2.45, 2.75) is 45.1 Å². The summed E-state index contributed by atoms with van der Waals surface area (Å²) >= 11 is 0. The quantitative estimate of drug-likeness (QED) is 0.699. The molecule has 108 valence electrons. The Labute approximate surface area is 121 Å². The number of rotatable bonds is 7. The van der Waals surface area contributed by atoms with Gasteiger partial charge in [-0.05, 0) is 24.8 Å².